The Balaban J connectivity index is 2.36. The first kappa shape index (κ1) is 17.6. The highest BCUT2D eigenvalue weighted by molar-refractivity contribution is 6.36. The third kappa shape index (κ3) is 4.85. The molecule has 0 saturated carbocycles. The summed E-state index contributed by atoms with van der Waals surface area (Å²) in [4.78, 5) is 7.28. The second-order valence-corrected chi connectivity index (χ2v) is 5.20. The average molecular weight is 367 g/mol. The maximum atomic E-state index is 12.9. The third-order valence-corrected chi connectivity index (χ3v) is 3.15. The topological polar surface area (TPSA) is 70.1 Å². The Kier molecular flexibility index (Phi) is 5.51. The lowest BCUT2D eigenvalue weighted by molar-refractivity contribution is -0.141. The van der Waals surface area contributed by atoms with E-state index in [1.54, 1.807) is 0 Å². The van der Waals surface area contributed by atoms with Gasteiger partial charge in [0.2, 0.25) is 5.95 Å². The second-order valence-electron chi connectivity index (χ2n) is 4.36. The molecule has 0 fully saturated rings. The van der Waals surface area contributed by atoms with Gasteiger partial charge in [-0.1, -0.05) is 23.2 Å². The highest BCUT2D eigenvalue weighted by Crippen LogP contribution is 2.32. The van der Waals surface area contributed by atoms with Gasteiger partial charge in [-0.2, -0.15) is 18.2 Å². The Bertz CT molecular complexity index is 697. The molecule has 0 amide bonds. The highest BCUT2D eigenvalue weighted by Gasteiger charge is 2.33. The van der Waals surface area contributed by atoms with Crippen molar-refractivity contribution in [3.63, 3.8) is 0 Å². The van der Waals surface area contributed by atoms with Crippen LogP contribution >= 0.6 is 23.2 Å². The SMILES string of the molecule is OCCNc1nc(Nc2ccc(Cl)cc2Cl)cc(C(F)(F)F)n1. The van der Waals surface area contributed by atoms with E-state index >= 15 is 0 Å². The van der Waals surface area contributed by atoms with Crippen LogP contribution in [0.1, 0.15) is 5.69 Å². The van der Waals surface area contributed by atoms with Crippen molar-refractivity contribution in [3.05, 3.63) is 40.0 Å². The minimum Gasteiger partial charge on any atom is -0.395 e. The largest absolute Gasteiger partial charge is 0.433 e. The molecule has 0 unspecified atom stereocenters. The van der Waals surface area contributed by atoms with Gasteiger partial charge in [0.25, 0.3) is 0 Å². The Morgan fingerprint density at radius 1 is 1.13 bits per heavy atom. The van der Waals surface area contributed by atoms with Crippen molar-refractivity contribution in [3.8, 4) is 0 Å². The van der Waals surface area contributed by atoms with Crippen LogP contribution in [0.2, 0.25) is 10.0 Å². The number of anilines is 3. The van der Waals surface area contributed by atoms with Crippen molar-refractivity contribution in [2.45, 2.75) is 6.18 Å². The van der Waals surface area contributed by atoms with Gasteiger partial charge < -0.3 is 15.7 Å². The number of nitrogens with zero attached hydrogens (tertiary/aromatic N) is 2. The summed E-state index contributed by atoms with van der Waals surface area (Å²) in [5.41, 5.74) is -0.781. The quantitative estimate of drug-likeness (QED) is 0.747. The molecule has 0 aliphatic rings. The molecule has 2 aromatic rings. The molecule has 0 atom stereocenters. The van der Waals surface area contributed by atoms with Gasteiger partial charge >= 0.3 is 6.18 Å². The van der Waals surface area contributed by atoms with E-state index in [1.165, 1.54) is 18.2 Å². The van der Waals surface area contributed by atoms with Crippen LogP contribution in [0, 0.1) is 0 Å². The smallest absolute Gasteiger partial charge is 0.395 e. The van der Waals surface area contributed by atoms with Crippen LogP contribution in [-0.2, 0) is 6.18 Å². The van der Waals surface area contributed by atoms with Crippen molar-refractivity contribution in [2.75, 3.05) is 23.8 Å². The molecule has 124 valence electrons. The van der Waals surface area contributed by atoms with Crippen LogP contribution in [0.5, 0.6) is 0 Å². The summed E-state index contributed by atoms with van der Waals surface area (Å²) >= 11 is 11.7. The van der Waals surface area contributed by atoms with E-state index in [9.17, 15) is 13.2 Å². The van der Waals surface area contributed by atoms with Crippen LogP contribution in [0.3, 0.4) is 0 Å². The van der Waals surface area contributed by atoms with Crippen molar-refractivity contribution in [1.82, 2.24) is 9.97 Å². The van der Waals surface area contributed by atoms with Gasteiger partial charge in [-0.3, -0.25) is 0 Å². The molecule has 2 rings (SSSR count). The van der Waals surface area contributed by atoms with Gasteiger partial charge in [0, 0.05) is 17.6 Å². The number of benzene rings is 1. The summed E-state index contributed by atoms with van der Waals surface area (Å²) in [5, 5.41) is 14.5. The standard InChI is InChI=1S/C13H11Cl2F3N4O/c14-7-1-2-9(8(15)5-7)20-11-6-10(13(16,17)18)21-12(22-11)19-3-4-23/h1-2,5-6,23H,3-4H2,(H2,19,20,21,22). The molecule has 0 bridgehead atoms. The van der Waals surface area contributed by atoms with Gasteiger partial charge in [-0.25, -0.2) is 4.98 Å². The summed E-state index contributed by atoms with van der Waals surface area (Å²) in [5.74, 6) is -0.363. The van der Waals surface area contributed by atoms with E-state index < -0.39 is 11.9 Å². The van der Waals surface area contributed by atoms with Gasteiger partial charge in [-0.15, -0.1) is 0 Å². The lowest BCUT2D eigenvalue weighted by Crippen LogP contribution is -2.15. The molecule has 0 aliphatic carbocycles. The number of aliphatic hydroxyl groups is 1. The van der Waals surface area contributed by atoms with E-state index in [2.05, 4.69) is 20.6 Å². The Hall–Kier alpha value is -1.77. The van der Waals surface area contributed by atoms with E-state index in [1.807, 2.05) is 0 Å². The van der Waals surface area contributed by atoms with Gasteiger partial charge in [0.05, 0.1) is 17.3 Å². The predicted molar refractivity (Wildman–Crippen MR) is 82.4 cm³/mol. The van der Waals surface area contributed by atoms with E-state index in [-0.39, 0.29) is 29.9 Å². The fraction of sp³-hybridized carbons (Fsp3) is 0.231. The van der Waals surface area contributed by atoms with Crippen molar-refractivity contribution >= 4 is 40.7 Å². The zero-order valence-electron chi connectivity index (χ0n) is 11.5. The van der Waals surface area contributed by atoms with Crippen molar-refractivity contribution in [1.29, 1.82) is 0 Å². The minimum absolute atomic E-state index is 0.0163. The zero-order chi connectivity index (χ0) is 17.0. The fourth-order valence-electron chi connectivity index (χ4n) is 1.63. The molecular formula is C13H11Cl2F3N4O. The normalized spacial score (nSPS) is 11.4. The summed E-state index contributed by atoms with van der Waals surface area (Å²) in [6, 6.07) is 5.25. The van der Waals surface area contributed by atoms with Crippen molar-refractivity contribution < 1.29 is 18.3 Å². The van der Waals surface area contributed by atoms with Crippen molar-refractivity contribution in [2.24, 2.45) is 0 Å². The third-order valence-electron chi connectivity index (χ3n) is 2.61. The molecule has 23 heavy (non-hydrogen) atoms. The molecule has 5 nitrogen and oxygen atoms in total. The Labute approximate surface area is 139 Å². The zero-order valence-corrected chi connectivity index (χ0v) is 13.0. The summed E-state index contributed by atoms with van der Waals surface area (Å²) in [6.07, 6.45) is -4.64. The molecule has 0 saturated heterocycles. The van der Waals surface area contributed by atoms with Crippen LogP contribution in [0.25, 0.3) is 0 Å². The monoisotopic (exact) mass is 366 g/mol. The number of rotatable bonds is 5. The number of nitrogens with one attached hydrogen (secondary N) is 2. The van der Waals surface area contributed by atoms with Crippen LogP contribution in [0.4, 0.5) is 30.6 Å². The summed E-state index contributed by atoms with van der Waals surface area (Å²) in [7, 11) is 0. The first-order valence-electron chi connectivity index (χ1n) is 6.32. The summed E-state index contributed by atoms with van der Waals surface area (Å²) in [6.45, 7) is -0.256. The first-order chi connectivity index (χ1) is 10.8. The first-order valence-corrected chi connectivity index (χ1v) is 7.08. The van der Waals surface area contributed by atoms with Crippen LogP contribution < -0.4 is 10.6 Å². The maximum absolute atomic E-state index is 12.9. The number of halogens is 5. The second kappa shape index (κ2) is 7.20. The predicted octanol–water partition coefficient (Wildman–Crippen LogP) is 3.95. The molecule has 1 heterocycles. The molecule has 0 radical (unpaired) electrons. The number of alkyl halides is 3. The molecule has 10 heteroatoms. The molecular weight excluding hydrogens is 356 g/mol. The highest BCUT2D eigenvalue weighted by atomic mass is 35.5. The lowest BCUT2D eigenvalue weighted by atomic mass is 10.3. The van der Waals surface area contributed by atoms with Gasteiger partial charge in [-0.05, 0) is 18.2 Å². The number of hydrogen-bond donors (Lipinski definition) is 3. The Morgan fingerprint density at radius 3 is 2.48 bits per heavy atom. The molecule has 0 spiro atoms. The average Bonchev–Trinajstić information content (AvgIpc) is 2.47. The lowest BCUT2D eigenvalue weighted by Gasteiger charge is -2.13. The molecule has 3 N–H and O–H groups in total. The van der Waals surface area contributed by atoms with Crippen LogP contribution in [0.15, 0.2) is 24.3 Å². The van der Waals surface area contributed by atoms with Gasteiger partial charge in [0.1, 0.15) is 5.82 Å². The molecule has 1 aromatic carbocycles. The van der Waals surface area contributed by atoms with Gasteiger partial charge in [0.15, 0.2) is 5.69 Å². The molecule has 1 aromatic heterocycles. The maximum Gasteiger partial charge on any atom is 0.433 e. The fourth-order valence-corrected chi connectivity index (χ4v) is 2.09. The van der Waals surface area contributed by atoms with Crippen LogP contribution in [-0.4, -0.2) is 28.2 Å². The molecule has 0 aliphatic heterocycles. The number of aromatic nitrogens is 2. The van der Waals surface area contributed by atoms with E-state index in [4.69, 9.17) is 28.3 Å². The minimum atomic E-state index is -4.64. The van der Waals surface area contributed by atoms with E-state index in [0.717, 1.165) is 6.07 Å². The number of aliphatic hydroxyl groups excluding tert-OH is 1. The Morgan fingerprint density at radius 2 is 1.87 bits per heavy atom. The van der Waals surface area contributed by atoms with E-state index in [0.29, 0.717) is 10.7 Å². The summed E-state index contributed by atoms with van der Waals surface area (Å²) < 4.78 is 38.7. The number of hydrogen-bond acceptors (Lipinski definition) is 5.